The molecule has 2 unspecified atom stereocenters. The molecule has 0 aromatic heterocycles. The third-order valence-electron chi connectivity index (χ3n) is 1.99. The molecule has 0 aliphatic heterocycles. The number of hydrogen-bond donors (Lipinski definition) is 1. The first-order valence-electron chi connectivity index (χ1n) is 4.18. The van der Waals surface area contributed by atoms with Crippen molar-refractivity contribution < 1.29 is 4.74 Å². The SMILES string of the molecule is COC(C)C(C)(C#N)NC(C)C. The Morgan fingerprint density at radius 3 is 2.17 bits per heavy atom. The molecular weight excluding hydrogens is 152 g/mol. The van der Waals surface area contributed by atoms with Gasteiger partial charge < -0.3 is 4.74 Å². The first-order valence-corrected chi connectivity index (χ1v) is 4.18. The molecule has 0 bridgehead atoms. The molecule has 0 fully saturated rings. The summed E-state index contributed by atoms with van der Waals surface area (Å²) >= 11 is 0. The van der Waals surface area contributed by atoms with Crippen molar-refractivity contribution in [1.82, 2.24) is 5.32 Å². The van der Waals surface area contributed by atoms with Crippen molar-refractivity contribution in [3.05, 3.63) is 0 Å². The van der Waals surface area contributed by atoms with Crippen molar-refractivity contribution in [2.75, 3.05) is 7.11 Å². The van der Waals surface area contributed by atoms with Crippen LogP contribution in [0.1, 0.15) is 27.7 Å². The van der Waals surface area contributed by atoms with E-state index in [0.29, 0.717) is 0 Å². The van der Waals surface area contributed by atoms with Crippen molar-refractivity contribution in [2.45, 2.75) is 45.4 Å². The van der Waals surface area contributed by atoms with E-state index in [1.54, 1.807) is 7.11 Å². The highest BCUT2D eigenvalue weighted by molar-refractivity contribution is 5.08. The molecular formula is C9H18N2O. The van der Waals surface area contributed by atoms with Crippen LogP contribution in [0.15, 0.2) is 0 Å². The topological polar surface area (TPSA) is 45.0 Å². The Labute approximate surface area is 74.7 Å². The Hall–Kier alpha value is -0.590. The molecule has 0 rings (SSSR count). The van der Waals surface area contributed by atoms with E-state index in [0.717, 1.165) is 0 Å². The zero-order valence-electron chi connectivity index (χ0n) is 8.51. The summed E-state index contributed by atoms with van der Waals surface area (Å²) in [7, 11) is 1.61. The van der Waals surface area contributed by atoms with Gasteiger partial charge in [0.05, 0.1) is 12.2 Å². The van der Waals surface area contributed by atoms with E-state index in [1.807, 2.05) is 27.7 Å². The number of nitriles is 1. The molecule has 3 heteroatoms. The summed E-state index contributed by atoms with van der Waals surface area (Å²) in [4.78, 5) is 0. The maximum absolute atomic E-state index is 8.94. The molecule has 12 heavy (non-hydrogen) atoms. The number of ether oxygens (including phenoxy) is 1. The van der Waals surface area contributed by atoms with Crippen LogP contribution in [0.3, 0.4) is 0 Å². The van der Waals surface area contributed by atoms with E-state index in [-0.39, 0.29) is 12.1 Å². The van der Waals surface area contributed by atoms with Crippen LogP contribution in [0.5, 0.6) is 0 Å². The summed E-state index contributed by atoms with van der Waals surface area (Å²) in [5.74, 6) is 0. The molecule has 3 nitrogen and oxygen atoms in total. The van der Waals surface area contributed by atoms with Gasteiger partial charge in [0.25, 0.3) is 0 Å². The van der Waals surface area contributed by atoms with Gasteiger partial charge in [-0.05, 0) is 27.7 Å². The van der Waals surface area contributed by atoms with Gasteiger partial charge >= 0.3 is 0 Å². The standard InChI is InChI=1S/C9H18N2O/c1-7(2)11-9(4,6-10)8(3)12-5/h7-8,11H,1-5H3. The van der Waals surface area contributed by atoms with Gasteiger partial charge in [0.2, 0.25) is 0 Å². The molecule has 2 atom stereocenters. The predicted octanol–water partition coefficient (Wildman–Crippen LogP) is 1.30. The Balaban J connectivity index is 4.36. The van der Waals surface area contributed by atoms with Crippen LogP contribution >= 0.6 is 0 Å². The first-order chi connectivity index (χ1) is 5.46. The lowest BCUT2D eigenvalue weighted by Crippen LogP contribution is -2.53. The fourth-order valence-corrected chi connectivity index (χ4v) is 1.08. The van der Waals surface area contributed by atoms with E-state index >= 15 is 0 Å². The number of nitrogens with zero attached hydrogens (tertiary/aromatic N) is 1. The highest BCUT2D eigenvalue weighted by Crippen LogP contribution is 2.12. The van der Waals surface area contributed by atoms with Crippen molar-refractivity contribution in [3.63, 3.8) is 0 Å². The minimum absolute atomic E-state index is 0.107. The van der Waals surface area contributed by atoms with E-state index in [2.05, 4.69) is 11.4 Å². The Morgan fingerprint density at radius 2 is 1.92 bits per heavy atom. The van der Waals surface area contributed by atoms with Crippen molar-refractivity contribution in [1.29, 1.82) is 5.26 Å². The van der Waals surface area contributed by atoms with Crippen molar-refractivity contribution in [3.8, 4) is 6.07 Å². The number of hydrogen-bond acceptors (Lipinski definition) is 3. The normalized spacial score (nSPS) is 18.4. The van der Waals surface area contributed by atoms with Crippen LogP contribution < -0.4 is 5.32 Å². The average molecular weight is 170 g/mol. The summed E-state index contributed by atoms with van der Waals surface area (Å²) in [6, 6.07) is 2.51. The van der Waals surface area contributed by atoms with Gasteiger partial charge in [-0.2, -0.15) is 5.26 Å². The Kier molecular flexibility index (Phi) is 4.22. The predicted molar refractivity (Wildman–Crippen MR) is 48.8 cm³/mol. The molecule has 0 aromatic rings. The zero-order valence-corrected chi connectivity index (χ0v) is 8.51. The van der Waals surface area contributed by atoms with Gasteiger partial charge in [-0.15, -0.1) is 0 Å². The third-order valence-corrected chi connectivity index (χ3v) is 1.99. The molecule has 70 valence electrons. The number of methoxy groups -OCH3 is 1. The van der Waals surface area contributed by atoms with Crippen molar-refractivity contribution in [2.24, 2.45) is 0 Å². The van der Waals surface area contributed by atoms with Gasteiger partial charge in [0, 0.05) is 13.2 Å². The molecule has 0 saturated carbocycles. The smallest absolute Gasteiger partial charge is 0.130 e. The molecule has 0 spiro atoms. The third kappa shape index (κ3) is 2.80. The fourth-order valence-electron chi connectivity index (χ4n) is 1.08. The van der Waals surface area contributed by atoms with Gasteiger partial charge in [-0.1, -0.05) is 0 Å². The summed E-state index contributed by atoms with van der Waals surface area (Å²) in [5, 5.41) is 12.1. The van der Waals surface area contributed by atoms with Gasteiger partial charge in [-0.25, -0.2) is 0 Å². The summed E-state index contributed by atoms with van der Waals surface area (Å²) in [6.45, 7) is 7.76. The molecule has 0 aliphatic carbocycles. The van der Waals surface area contributed by atoms with Crippen LogP contribution in [0.4, 0.5) is 0 Å². The maximum atomic E-state index is 8.94. The average Bonchev–Trinajstić information content (AvgIpc) is 2.01. The van der Waals surface area contributed by atoms with Crippen LogP contribution in [0, 0.1) is 11.3 Å². The molecule has 0 saturated heterocycles. The second-order valence-corrected chi connectivity index (χ2v) is 3.49. The lowest BCUT2D eigenvalue weighted by molar-refractivity contribution is 0.0591. The van der Waals surface area contributed by atoms with Gasteiger partial charge in [-0.3, -0.25) is 5.32 Å². The summed E-state index contributed by atoms with van der Waals surface area (Å²) < 4.78 is 5.12. The summed E-state index contributed by atoms with van der Waals surface area (Å²) in [6.07, 6.45) is -0.107. The highest BCUT2D eigenvalue weighted by atomic mass is 16.5. The van der Waals surface area contributed by atoms with E-state index in [9.17, 15) is 0 Å². The van der Waals surface area contributed by atoms with Crippen LogP contribution in [0.2, 0.25) is 0 Å². The molecule has 0 aromatic carbocycles. The fraction of sp³-hybridized carbons (Fsp3) is 0.889. The van der Waals surface area contributed by atoms with Gasteiger partial charge in [0.1, 0.15) is 5.54 Å². The largest absolute Gasteiger partial charge is 0.379 e. The maximum Gasteiger partial charge on any atom is 0.130 e. The minimum Gasteiger partial charge on any atom is -0.379 e. The lowest BCUT2D eigenvalue weighted by atomic mass is 9.97. The monoisotopic (exact) mass is 170 g/mol. The number of rotatable bonds is 4. The van der Waals surface area contributed by atoms with Crippen LogP contribution in [-0.2, 0) is 4.74 Å². The Morgan fingerprint density at radius 1 is 1.42 bits per heavy atom. The quantitative estimate of drug-likeness (QED) is 0.691. The second kappa shape index (κ2) is 4.44. The lowest BCUT2D eigenvalue weighted by Gasteiger charge is -2.30. The van der Waals surface area contributed by atoms with E-state index in [4.69, 9.17) is 10.00 Å². The minimum atomic E-state index is -0.594. The number of nitrogens with one attached hydrogen (secondary N) is 1. The molecule has 0 heterocycles. The Bertz CT molecular complexity index is 174. The zero-order chi connectivity index (χ0) is 9.78. The van der Waals surface area contributed by atoms with Crippen LogP contribution in [0.25, 0.3) is 0 Å². The molecule has 0 radical (unpaired) electrons. The molecule has 0 aliphatic rings. The van der Waals surface area contributed by atoms with Crippen LogP contribution in [-0.4, -0.2) is 24.8 Å². The van der Waals surface area contributed by atoms with E-state index < -0.39 is 5.54 Å². The van der Waals surface area contributed by atoms with Gasteiger partial charge in [0.15, 0.2) is 0 Å². The molecule has 1 N–H and O–H groups in total. The second-order valence-electron chi connectivity index (χ2n) is 3.49. The first kappa shape index (κ1) is 11.4. The van der Waals surface area contributed by atoms with E-state index in [1.165, 1.54) is 0 Å². The molecule has 0 amide bonds. The summed E-state index contributed by atoms with van der Waals surface area (Å²) in [5.41, 5.74) is -0.594. The highest BCUT2D eigenvalue weighted by Gasteiger charge is 2.31. The van der Waals surface area contributed by atoms with Crippen molar-refractivity contribution >= 4 is 0 Å².